The minimum absolute atomic E-state index is 0.171. The maximum absolute atomic E-state index is 13.6. The van der Waals surface area contributed by atoms with Crippen LogP contribution in [0.2, 0.25) is 0 Å². The molecule has 9 heteroatoms. The van der Waals surface area contributed by atoms with Crippen molar-refractivity contribution in [3.63, 3.8) is 0 Å². The molecule has 0 aromatic heterocycles. The van der Waals surface area contributed by atoms with E-state index in [0.29, 0.717) is 5.57 Å². The zero-order chi connectivity index (χ0) is 34.1. The molecule has 260 valence electrons. The number of carbonyl (C=O) groups excluding carboxylic acids is 1. The highest BCUT2D eigenvalue weighted by Gasteiger charge is 2.89. The Labute approximate surface area is 283 Å². The van der Waals surface area contributed by atoms with Gasteiger partial charge >= 0.3 is 11.9 Å². The molecule has 10 unspecified atom stereocenters. The summed E-state index contributed by atoms with van der Waals surface area (Å²) in [6, 6.07) is 9.49. The third kappa shape index (κ3) is 4.72. The van der Waals surface area contributed by atoms with Crippen LogP contribution >= 0.6 is 0 Å². The summed E-state index contributed by atoms with van der Waals surface area (Å²) in [4.78, 5) is 13.6. The van der Waals surface area contributed by atoms with Crippen LogP contribution in [-0.4, -0.2) is 80.7 Å². The predicted octanol–water partition coefficient (Wildman–Crippen LogP) is 5.15. The summed E-state index contributed by atoms with van der Waals surface area (Å²) in [5.41, 5.74) is -3.47. The Morgan fingerprint density at radius 3 is 2.56 bits per heavy atom. The van der Waals surface area contributed by atoms with E-state index in [1.165, 1.54) is 25.3 Å². The second kappa shape index (κ2) is 12.0. The van der Waals surface area contributed by atoms with Crippen molar-refractivity contribution < 1.29 is 43.8 Å². The molecule has 12 atom stereocenters. The van der Waals surface area contributed by atoms with Gasteiger partial charge in [-0.1, -0.05) is 94.2 Å². The number of ether oxygens (including phenoxy) is 5. The van der Waals surface area contributed by atoms with Crippen molar-refractivity contribution in [1.82, 2.24) is 0 Å². The van der Waals surface area contributed by atoms with Crippen LogP contribution in [0.15, 0.2) is 72.4 Å². The molecule has 0 amide bonds. The highest BCUT2D eigenvalue weighted by Crippen LogP contribution is 2.73. The topological polar surface area (TPSA) is 127 Å². The first kappa shape index (κ1) is 33.8. The molecule has 3 heterocycles. The van der Waals surface area contributed by atoms with Crippen LogP contribution in [-0.2, 0) is 28.5 Å². The molecule has 2 saturated carbocycles. The van der Waals surface area contributed by atoms with Gasteiger partial charge in [-0.05, 0) is 43.9 Å². The van der Waals surface area contributed by atoms with Gasteiger partial charge in [0.15, 0.2) is 5.60 Å². The van der Waals surface area contributed by atoms with Crippen molar-refractivity contribution in [2.24, 2.45) is 17.8 Å². The summed E-state index contributed by atoms with van der Waals surface area (Å²) in [6.07, 6.45) is 11.7. The number of allylic oxidation sites excluding steroid dienone is 1. The third-order valence-corrected chi connectivity index (χ3v) is 12.0. The Hall–Kier alpha value is -2.63. The number of carbonyl (C=O) groups is 1. The summed E-state index contributed by atoms with van der Waals surface area (Å²) in [6.45, 7) is 11.8. The van der Waals surface area contributed by atoms with Crippen LogP contribution in [0.4, 0.5) is 0 Å². The summed E-state index contributed by atoms with van der Waals surface area (Å²) >= 11 is 0. The van der Waals surface area contributed by atoms with Gasteiger partial charge in [-0.25, -0.2) is 4.79 Å². The molecule has 0 spiro atoms. The monoisotopic (exact) mass is 662 g/mol. The average molecular weight is 663 g/mol. The largest absolute Gasteiger partial charge is 0.455 e. The van der Waals surface area contributed by atoms with Crippen molar-refractivity contribution in [2.45, 2.75) is 125 Å². The standard InChI is InChI=1S/C39H50O9/c1-6-7-8-9-10-11-15-20-37-46-33-30-32-36(23-40,45-32)34(42)35(43)22-25(4)21-28(35)39(30,48-37)26(5)31(38(33,47-37)24(2)3)44-29(41)19-18-27-16-13-12-14-17-27/h12-21,26,28,30-34,40,42-43H,2,6-11,22-23H2,1,3-5H3/b19-18+,20-15+/t26?,28?,30?,31?,32?,33-,34?,35?,36?,37?,38+,39?/m1/s1. The number of esters is 1. The van der Waals surface area contributed by atoms with E-state index in [0.717, 1.165) is 30.4 Å². The smallest absolute Gasteiger partial charge is 0.331 e. The Morgan fingerprint density at radius 1 is 1.10 bits per heavy atom. The van der Waals surface area contributed by atoms with Gasteiger partial charge in [0.05, 0.1) is 12.2 Å². The van der Waals surface area contributed by atoms with E-state index >= 15 is 0 Å². The minimum atomic E-state index is -1.73. The molecule has 3 N–H and O–H groups in total. The number of fused-ring (bicyclic) bond motifs is 3. The first-order valence-corrected chi connectivity index (χ1v) is 17.7. The van der Waals surface area contributed by atoms with Gasteiger partial charge in [-0.2, -0.15) is 0 Å². The molecular weight excluding hydrogens is 612 g/mol. The number of hydrogen-bond donors (Lipinski definition) is 3. The van der Waals surface area contributed by atoms with Crippen molar-refractivity contribution in [3.8, 4) is 0 Å². The van der Waals surface area contributed by atoms with E-state index in [1.54, 1.807) is 6.08 Å². The molecular formula is C39H50O9. The maximum Gasteiger partial charge on any atom is 0.331 e. The molecule has 7 rings (SSSR count). The van der Waals surface area contributed by atoms with E-state index in [9.17, 15) is 20.1 Å². The lowest BCUT2D eigenvalue weighted by Gasteiger charge is -2.61. The second-order valence-electron chi connectivity index (χ2n) is 15.0. The lowest BCUT2D eigenvalue weighted by Crippen LogP contribution is -2.76. The van der Waals surface area contributed by atoms with Gasteiger partial charge in [0.1, 0.15) is 35.6 Å². The van der Waals surface area contributed by atoms with Gasteiger partial charge < -0.3 is 39.0 Å². The number of rotatable bonds is 12. The first-order valence-electron chi connectivity index (χ1n) is 17.7. The van der Waals surface area contributed by atoms with Gasteiger partial charge in [-0.15, -0.1) is 0 Å². The molecule has 6 aliphatic rings. The number of epoxide rings is 1. The van der Waals surface area contributed by atoms with Gasteiger partial charge in [-0.3, -0.25) is 0 Å². The van der Waals surface area contributed by atoms with E-state index in [1.807, 2.05) is 69.3 Å². The maximum atomic E-state index is 13.6. The zero-order valence-electron chi connectivity index (χ0n) is 28.5. The van der Waals surface area contributed by atoms with Crippen molar-refractivity contribution in [2.75, 3.05) is 6.61 Å². The van der Waals surface area contributed by atoms with Crippen LogP contribution in [0.1, 0.15) is 78.2 Å². The summed E-state index contributed by atoms with van der Waals surface area (Å²) in [7, 11) is 0. The summed E-state index contributed by atoms with van der Waals surface area (Å²) in [5, 5.41) is 35.1. The number of hydrogen-bond acceptors (Lipinski definition) is 9. The Balaban J connectivity index is 1.34. The van der Waals surface area contributed by atoms with Crippen LogP contribution < -0.4 is 0 Å². The van der Waals surface area contributed by atoms with Crippen LogP contribution in [0, 0.1) is 17.8 Å². The molecule has 1 aromatic carbocycles. The number of aliphatic hydroxyl groups excluding tert-OH is 2. The zero-order valence-corrected chi connectivity index (χ0v) is 28.5. The molecule has 3 bridgehead atoms. The lowest BCUT2D eigenvalue weighted by atomic mass is 9.53. The second-order valence-corrected chi connectivity index (χ2v) is 15.0. The van der Waals surface area contributed by atoms with E-state index in [-0.39, 0.29) is 6.42 Å². The molecule has 5 fully saturated rings. The normalized spacial score (nSPS) is 45.1. The Bertz CT molecular complexity index is 1520. The molecule has 48 heavy (non-hydrogen) atoms. The molecule has 9 nitrogen and oxygen atoms in total. The molecule has 3 saturated heterocycles. The SMILES string of the molecule is C=C(C)[C@@]12OC3(/C=C/CCCCCCC)O[C@@H]1C1C4OC4(CO)C(O)C4(O)CC(C)=CC4C1(O3)C(C)C2OC(=O)/C=C/c1ccccc1. The van der Waals surface area contributed by atoms with Crippen molar-refractivity contribution in [3.05, 3.63) is 77.9 Å². The molecule has 0 radical (unpaired) electrons. The number of aliphatic hydroxyl groups is 3. The number of benzene rings is 1. The lowest BCUT2D eigenvalue weighted by molar-refractivity contribution is -0.409. The van der Waals surface area contributed by atoms with E-state index < -0.39 is 83.1 Å². The Kier molecular flexibility index (Phi) is 8.47. The van der Waals surface area contributed by atoms with Gasteiger partial charge in [0, 0.05) is 36.3 Å². The van der Waals surface area contributed by atoms with Gasteiger partial charge in [0.25, 0.3) is 0 Å². The fourth-order valence-corrected chi connectivity index (χ4v) is 9.82. The van der Waals surface area contributed by atoms with Crippen LogP contribution in [0.3, 0.4) is 0 Å². The van der Waals surface area contributed by atoms with Crippen LogP contribution in [0.5, 0.6) is 0 Å². The van der Waals surface area contributed by atoms with Gasteiger partial charge in [0.2, 0.25) is 0 Å². The third-order valence-electron chi connectivity index (χ3n) is 12.0. The molecule has 3 aliphatic heterocycles. The van der Waals surface area contributed by atoms with Crippen LogP contribution in [0.25, 0.3) is 6.08 Å². The highest BCUT2D eigenvalue weighted by atomic mass is 16.9. The minimum Gasteiger partial charge on any atom is -0.455 e. The van der Waals surface area contributed by atoms with Crippen molar-refractivity contribution >= 4 is 12.0 Å². The quantitative estimate of drug-likeness (QED) is 0.0916. The average Bonchev–Trinajstić information content (AvgIpc) is 3.64. The first-order chi connectivity index (χ1) is 22.9. The summed E-state index contributed by atoms with van der Waals surface area (Å²) < 4.78 is 33.7. The predicted molar refractivity (Wildman–Crippen MR) is 178 cm³/mol. The highest BCUT2D eigenvalue weighted by molar-refractivity contribution is 5.87. The fraction of sp³-hybridized carbons (Fsp3) is 0.615. The van der Waals surface area contributed by atoms with Crippen molar-refractivity contribution in [1.29, 1.82) is 0 Å². The summed E-state index contributed by atoms with van der Waals surface area (Å²) in [5.74, 6) is -4.19. The fourth-order valence-electron chi connectivity index (χ4n) is 9.82. The number of unbranched alkanes of at least 4 members (excludes halogenated alkanes) is 5. The molecule has 3 aliphatic carbocycles. The molecule has 1 aromatic rings. The van der Waals surface area contributed by atoms with E-state index in [2.05, 4.69) is 13.5 Å². The van der Waals surface area contributed by atoms with E-state index in [4.69, 9.17) is 23.7 Å². The Morgan fingerprint density at radius 2 is 1.85 bits per heavy atom.